The van der Waals surface area contributed by atoms with Gasteiger partial charge in [0, 0.05) is 25.7 Å². The third-order valence-electron chi connectivity index (χ3n) is 17.0. The van der Waals surface area contributed by atoms with E-state index in [4.69, 9.17) is 37.0 Å². The minimum absolute atomic E-state index is 0.00221. The molecule has 0 spiro atoms. The number of hydrogen-bond donors (Lipinski definition) is 3. The molecule has 0 amide bonds. The highest BCUT2D eigenvalue weighted by Gasteiger charge is 2.30. The van der Waals surface area contributed by atoms with E-state index in [0.717, 1.165) is 122 Å². The predicted octanol–water partition coefficient (Wildman–Crippen LogP) is 24.8. The zero-order valence-corrected chi connectivity index (χ0v) is 69.3. The lowest BCUT2D eigenvalue weighted by molar-refractivity contribution is -0.161. The Morgan fingerprint density at radius 2 is 0.491 bits per heavy atom. The SMILES string of the molecule is CC/C=C\C/C=C\C/C=C\C/C=C\C/C=C\CCCCCC(=O)O[C@H](COC(=O)CCCCCCCCCCCCCCCCC)COP(=O)(O)OC[C@H](O)COP(=O)(O)OC[C@@H](COC(=O)CCC/C=C\C/C=C\C/C=C\C/C=C\CCCCC)OC(=O)CCC/C=C\C/C=C\C/C=C\C/C=C\CCCCC. The molecule has 108 heavy (non-hydrogen) atoms. The average Bonchev–Trinajstić information content (AvgIpc) is 0.907. The van der Waals surface area contributed by atoms with Gasteiger partial charge in [-0.3, -0.25) is 37.3 Å². The zero-order chi connectivity index (χ0) is 78.9. The molecule has 0 saturated carbocycles. The van der Waals surface area contributed by atoms with Gasteiger partial charge >= 0.3 is 39.5 Å². The first-order valence-electron chi connectivity index (χ1n) is 41.7. The minimum Gasteiger partial charge on any atom is -0.462 e. The zero-order valence-electron chi connectivity index (χ0n) is 67.5. The maximum atomic E-state index is 13.1. The van der Waals surface area contributed by atoms with Gasteiger partial charge in [0.05, 0.1) is 26.4 Å². The molecule has 0 aliphatic heterocycles. The third kappa shape index (κ3) is 78.8. The molecule has 0 aliphatic carbocycles. The van der Waals surface area contributed by atoms with Crippen LogP contribution in [0, 0.1) is 0 Å². The molecule has 19 heteroatoms. The Morgan fingerprint density at radius 3 is 0.806 bits per heavy atom. The second-order valence-corrected chi connectivity index (χ2v) is 30.2. The van der Waals surface area contributed by atoms with Gasteiger partial charge in [-0.05, 0) is 148 Å². The third-order valence-corrected chi connectivity index (χ3v) is 18.9. The summed E-state index contributed by atoms with van der Waals surface area (Å²) in [4.78, 5) is 73.1. The van der Waals surface area contributed by atoms with Crippen molar-refractivity contribution in [1.29, 1.82) is 0 Å². The molecule has 0 aromatic heterocycles. The number of carbonyl (C=O) groups excluding carboxylic acids is 4. The van der Waals surface area contributed by atoms with Crippen LogP contribution in [-0.4, -0.2) is 96.7 Å². The van der Waals surface area contributed by atoms with Crippen LogP contribution in [0.3, 0.4) is 0 Å². The second kappa shape index (κ2) is 79.8. The first-order chi connectivity index (χ1) is 52.7. The highest BCUT2D eigenvalue weighted by Crippen LogP contribution is 2.45. The van der Waals surface area contributed by atoms with Gasteiger partial charge < -0.3 is 33.8 Å². The quantitative estimate of drug-likeness (QED) is 0.0169. The predicted molar refractivity (Wildman–Crippen MR) is 445 cm³/mol. The van der Waals surface area contributed by atoms with Gasteiger partial charge in [0.1, 0.15) is 19.3 Å². The van der Waals surface area contributed by atoms with Crippen LogP contribution in [0.5, 0.6) is 0 Å². The number of aliphatic hydroxyl groups is 1. The Labute approximate surface area is 655 Å². The molecule has 0 bridgehead atoms. The number of phosphoric acid groups is 2. The maximum Gasteiger partial charge on any atom is 0.472 e. The van der Waals surface area contributed by atoms with Crippen molar-refractivity contribution in [2.45, 2.75) is 341 Å². The molecule has 0 rings (SSSR count). The molecule has 0 heterocycles. The summed E-state index contributed by atoms with van der Waals surface area (Å²) in [5.74, 6) is -2.34. The van der Waals surface area contributed by atoms with E-state index in [9.17, 15) is 43.2 Å². The van der Waals surface area contributed by atoms with Crippen LogP contribution in [-0.2, 0) is 65.4 Å². The Balaban J connectivity index is 5.51. The number of hydrogen-bond acceptors (Lipinski definition) is 15. The van der Waals surface area contributed by atoms with Gasteiger partial charge in [0.15, 0.2) is 12.2 Å². The van der Waals surface area contributed by atoms with E-state index in [2.05, 4.69) is 161 Å². The van der Waals surface area contributed by atoms with E-state index in [0.29, 0.717) is 38.5 Å². The standard InChI is InChI=1S/C89H148O17P2/c1-5-9-13-17-21-25-29-33-37-40-41-44-48-52-56-60-64-68-72-76-89(94)106-84(79-99-86(91)73-69-65-61-57-53-49-45-36-32-28-24-20-16-12-8-4)81-103-107(95,96)101-77-83(90)78-102-108(97,98)104-82-85(105-88(93)75-71-67-63-59-55-51-47-43-39-35-31-27-23-19-15-11-7-3)80-100-87(92)74-70-66-62-58-54-50-46-42-38-34-30-26-22-18-14-10-6-2/h9,13,21-23,25-27,33-35,37-39,41,44,46-47,50-52,56,58-59,62-63,83-85,90H,5-8,10-12,14-20,24,28-32,36,40,42-43,45,48-49,53-55,57,60-61,64-82H2,1-4H3,(H,95,96)(H,97,98)/b13-9-,25-21-,26-22-,27-23-,37-33-,38-34-,39-35-,44-41-,50-46-,51-47-,56-52-,62-58-,63-59-/t83-,84+,85+/m0/s1. The monoisotopic (exact) mass is 1550 g/mol. The van der Waals surface area contributed by atoms with Crippen molar-refractivity contribution in [3.8, 4) is 0 Å². The molecule has 3 N–H and O–H groups in total. The van der Waals surface area contributed by atoms with Gasteiger partial charge in [-0.25, -0.2) is 9.13 Å². The van der Waals surface area contributed by atoms with Crippen LogP contribution in [0.4, 0.5) is 0 Å². The number of aliphatic hydroxyl groups excluding tert-OH is 1. The van der Waals surface area contributed by atoms with Gasteiger partial charge in [-0.2, -0.15) is 0 Å². The summed E-state index contributed by atoms with van der Waals surface area (Å²) in [6, 6.07) is 0. The van der Waals surface area contributed by atoms with Crippen molar-refractivity contribution in [1.82, 2.24) is 0 Å². The number of phosphoric ester groups is 2. The fraction of sp³-hybridized carbons (Fsp3) is 0.663. The maximum absolute atomic E-state index is 13.1. The topological polar surface area (TPSA) is 237 Å². The molecular weight excluding hydrogens is 1400 g/mol. The summed E-state index contributed by atoms with van der Waals surface area (Å²) in [6.07, 6.45) is 93.7. The minimum atomic E-state index is -5.01. The van der Waals surface area contributed by atoms with Crippen molar-refractivity contribution in [2.24, 2.45) is 0 Å². The van der Waals surface area contributed by atoms with Crippen molar-refractivity contribution >= 4 is 39.5 Å². The van der Waals surface area contributed by atoms with Crippen LogP contribution in [0.25, 0.3) is 0 Å². The van der Waals surface area contributed by atoms with Crippen molar-refractivity contribution in [2.75, 3.05) is 39.6 Å². The highest BCUT2D eigenvalue weighted by atomic mass is 31.2. The highest BCUT2D eigenvalue weighted by molar-refractivity contribution is 7.47. The molecule has 0 aromatic carbocycles. The van der Waals surface area contributed by atoms with Gasteiger partial charge in [0.2, 0.25) is 0 Å². The van der Waals surface area contributed by atoms with Crippen LogP contribution >= 0.6 is 15.6 Å². The number of esters is 4. The number of rotatable bonds is 77. The molecule has 0 aromatic rings. The van der Waals surface area contributed by atoms with E-state index in [1.165, 1.54) is 109 Å². The summed E-state index contributed by atoms with van der Waals surface area (Å²) in [5, 5.41) is 10.7. The lowest BCUT2D eigenvalue weighted by Crippen LogP contribution is -2.30. The van der Waals surface area contributed by atoms with E-state index in [-0.39, 0.29) is 25.7 Å². The molecule has 5 atom stereocenters. The Kier molecular flexibility index (Phi) is 75.8. The summed E-state index contributed by atoms with van der Waals surface area (Å²) in [7, 11) is -10.0. The van der Waals surface area contributed by atoms with Crippen molar-refractivity contribution in [3.05, 3.63) is 158 Å². The summed E-state index contributed by atoms with van der Waals surface area (Å²) < 4.78 is 68.6. The summed E-state index contributed by atoms with van der Waals surface area (Å²) in [5.41, 5.74) is 0. The van der Waals surface area contributed by atoms with Crippen LogP contribution in [0.1, 0.15) is 323 Å². The van der Waals surface area contributed by atoms with Crippen molar-refractivity contribution < 1.29 is 80.2 Å². The number of carbonyl (C=O) groups is 4. The van der Waals surface area contributed by atoms with E-state index >= 15 is 0 Å². The molecule has 2 unspecified atom stereocenters. The fourth-order valence-corrected chi connectivity index (χ4v) is 12.2. The first kappa shape index (κ1) is 103. The largest absolute Gasteiger partial charge is 0.472 e. The summed E-state index contributed by atoms with van der Waals surface area (Å²) in [6.45, 7) is 4.56. The lowest BCUT2D eigenvalue weighted by Gasteiger charge is -2.21. The van der Waals surface area contributed by atoms with Crippen LogP contribution in [0.15, 0.2) is 158 Å². The number of ether oxygens (including phenoxy) is 4. The molecule has 17 nitrogen and oxygen atoms in total. The van der Waals surface area contributed by atoms with Gasteiger partial charge in [-0.15, -0.1) is 0 Å². The lowest BCUT2D eigenvalue weighted by atomic mass is 10.0. The van der Waals surface area contributed by atoms with Gasteiger partial charge in [0.25, 0.3) is 0 Å². The van der Waals surface area contributed by atoms with Crippen molar-refractivity contribution in [3.63, 3.8) is 0 Å². The van der Waals surface area contributed by atoms with Crippen LogP contribution < -0.4 is 0 Å². The van der Waals surface area contributed by atoms with Gasteiger partial charge in [-0.1, -0.05) is 308 Å². The fourth-order valence-electron chi connectivity index (χ4n) is 10.6. The Hall–Kier alpha value is -5.32. The first-order valence-corrected chi connectivity index (χ1v) is 44.7. The Morgan fingerprint density at radius 1 is 0.269 bits per heavy atom. The molecule has 0 saturated heterocycles. The molecule has 616 valence electrons. The second-order valence-electron chi connectivity index (χ2n) is 27.3. The van der Waals surface area contributed by atoms with E-state index in [1.807, 2.05) is 24.3 Å². The molecular formula is C89H148O17P2. The van der Waals surface area contributed by atoms with E-state index < -0.39 is 97.5 Å². The molecule has 0 aliphatic rings. The number of unbranched alkanes of at least 4 members (excludes halogenated alkanes) is 25. The number of allylic oxidation sites excluding steroid dienone is 26. The van der Waals surface area contributed by atoms with E-state index in [1.54, 1.807) is 0 Å². The normalized spacial score (nSPS) is 14.6. The smallest absolute Gasteiger partial charge is 0.462 e. The van der Waals surface area contributed by atoms with Crippen LogP contribution in [0.2, 0.25) is 0 Å². The average molecular weight is 1550 g/mol. The Bertz CT molecular complexity index is 2660. The molecule has 0 fully saturated rings. The molecule has 0 radical (unpaired) electrons. The summed E-state index contributed by atoms with van der Waals surface area (Å²) >= 11 is 0.